The highest BCUT2D eigenvalue weighted by atomic mass is 127. The molecule has 0 heterocycles. The summed E-state index contributed by atoms with van der Waals surface area (Å²) in [4.78, 5) is 21.5. The number of halogens is 2. The zero-order valence-electron chi connectivity index (χ0n) is 6.80. The van der Waals surface area contributed by atoms with Gasteiger partial charge in [0.25, 0.3) is 0 Å². The minimum absolute atomic E-state index is 0.132. The van der Waals surface area contributed by atoms with Gasteiger partial charge in [-0.2, -0.15) is 0 Å². The summed E-state index contributed by atoms with van der Waals surface area (Å²) < 4.78 is 13.6. The molecule has 4 heteroatoms. The summed E-state index contributed by atoms with van der Waals surface area (Å²) in [5.41, 5.74) is -0.0210. The molecule has 0 atom stereocenters. The first kappa shape index (κ1) is 10.3. The molecule has 68 valence electrons. The lowest BCUT2D eigenvalue weighted by Crippen LogP contribution is -2.03. The standard InChI is InChI=1S/C9H6FIO2/c1-5(13)6-2-3-8(11)9(10)7(6)4-12/h2-4H,1H3. The predicted octanol–water partition coefficient (Wildman–Crippen LogP) is 2.45. The molecule has 0 radical (unpaired) electrons. The van der Waals surface area contributed by atoms with Gasteiger partial charge in [0.1, 0.15) is 5.82 Å². The van der Waals surface area contributed by atoms with Gasteiger partial charge in [0.2, 0.25) is 0 Å². The molecule has 2 nitrogen and oxygen atoms in total. The molecular formula is C9H6FIO2. The Balaban J connectivity index is 3.47. The number of ketones is 1. The van der Waals surface area contributed by atoms with Gasteiger partial charge in [-0.15, -0.1) is 0 Å². The van der Waals surface area contributed by atoms with Gasteiger partial charge in [0, 0.05) is 9.13 Å². The van der Waals surface area contributed by atoms with Gasteiger partial charge in [-0.1, -0.05) is 0 Å². The fourth-order valence-electron chi connectivity index (χ4n) is 0.989. The van der Waals surface area contributed by atoms with Crippen LogP contribution in [-0.4, -0.2) is 12.1 Å². The van der Waals surface area contributed by atoms with E-state index in [1.165, 1.54) is 19.1 Å². The molecule has 0 aliphatic heterocycles. The highest BCUT2D eigenvalue weighted by Gasteiger charge is 2.13. The quantitative estimate of drug-likeness (QED) is 0.476. The Morgan fingerprint density at radius 2 is 2.15 bits per heavy atom. The summed E-state index contributed by atoms with van der Waals surface area (Å²) in [5.74, 6) is -0.930. The summed E-state index contributed by atoms with van der Waals surface area (Å²) in [5, 5.41) is 0. The minimum atomic E-state index is -0.622. The molecule has 0 N–H and O–H groups in total. The second-order valence-electron chi connectivity index (χ2n) is 2.50. The van der Waals surface area contributed by atoms with Crippen molar-refractivity contribution in [2.45, 2.75) is 6.92 Å². The van der Waals surface area contributed by atoms with Crippen LogP contribution in [-0.2, 0) is 0 Å². The van der Waals surface area contributed by atoms with Crippen molar-refractivity contribution in [1.82, 2.24) is 0 Å². The van der Waals surface area contributed by atoms with Gasteiger partial charge < -0.3 is 0 Å². The van der Waals surface area contributed by atoms with Crippen molar-refractivity contribution >= 4 is 34.7 Å². The van der Waals surface area contributed by atoms with Crippen LogP contribution >= 0.6 is 22.6 Å². The Hall–Kier alpha value is -0.780. The molecule has 0 amide bonds. The Morgan fingerprint density at radius 3 is 2.62 bits per heavy atom. The number of rotatable bonds is 2. The number of Topliss-reactive ketones (excluding diaryl/α,β-unsaturated/α-hetero) is 1. The molecule has 0 aliphatic carbocycles. The zero-order chi connectivity index (χ0) is 10.0. The molecular weight excluding hydrogens is 286 g/mol. The number of benzene rings is 1. The van der Waals surface area contributed by atoms with Gasteiger partial charge in [0.15, 0.2) is 12.1 Å². The van der Waals surface area contributed by atoms with E-state index in [0.29, 0.717) is 9.86 Å². The van der Waals surface area contributed by atoms with Crippen molar-refractivity contribution in [2.75, 3.05) is 0 Å². The third-order valence-electron chi connectivity index (χ3n) is 1.63. The first-order valence-corrected chi connectivity index (χ1v) is 4.60. The molecule has 1 aromatic carbocycles. The molecule has 13 heavy (non-hydrogen) atoms. The number of hydrogen-bond acceptors (Lipinski definition) is 2. The lowest BCUT2D eigenvalue weighted by atomic mass is 10.1. The average Bonchev–Trinajstić information content (AvgIpc) is 2.09. The SMILES string of the molecule is CC(=O)c1ccc(I)c(F)c1C=O. The largest absolute Gasteiger partial charge is 0.298 e. The van der Waals surface area contributed by atoms with E-state index in [2.05, 4.69) is 0 Å². The molecule has 0 aromatic heterocycles. The van der Waals surface area contributed by atoms with E-state index in [9.17, 15) is 14.0 Å². The molecule has 1 aromatic rings. The minimum Gasteiger partial charge on any atom is -0.298 e. The topological polar surface area (TPSA) is 34.1 Å². The average molecular weight is 292 g/mol. The molecule has 0 unspecified atom stereocenters. The maximum Gasteiger partial charge on any atom is 0.160 e. The van der Waals surface area contributed by atoms with Gasteiger partial charge in [-0.25, -0.2) is 4.39 Å². The van der Waals surface area contributed by atoms with Gasteiger partial charge in [-0.05, 0) is 41.6 Å². The van der Waals surface area contributed by atoms with Gasteiger partial charge in [-0.3, -0.25) is 9.59 Å². The van der Waals surface area contributed by atoms with E-state index < -0.39 is 5.82 Å². The Kier molecular flexibility index (Phi) is 3.13. The van der Waals surface area contributed by atoms with Crippen molar-refractivity contribution < 1.29 is 14.0 Å². The van der Waals surface area contributed by atoms with Crippen LogP contribution in [0.2, 0.25) is 0 Å². The smallest absolute Gasteiger partial charge is 0.160 e. The maximum absolute atomic E-state index is 13.2. The van der Waals surface area contributed by atoms with Gasteiger partial charge >= 0.3 is 0 Å². The summed E-state index contributed by atoms with van der Waals surface area (Å²) >= 11 is 1.77. The maximum atomic E-state index is 13.2. The highest BCUT2D eigenvalue weighted by Crippen LogP contribution is 2.18. The highest BCUT2D eigenvalue weighted by molar-refractivity contribution is 14.1. The zero-order valence-corrected chi connectivity index (χ0v) is 8.96. The fraction of sp³-hybridized carbons (Fsp3) is 0.111. The molecule has 1 rings (SSSR count). The summed E-state index contributed by atoms with van der Waals surface area (Å²) in [7, 11) is 0. The monoisotopic (exact) mass is 292 g/mol. The number of hydrogen-bond donors (Lipinski definition) is 0. The Morgan fingerprint density at radius 1 is 1.54 bits per heavy atom. The molecule has 0 saturated heterocycles. The van der Waals surface area contributed by atoms with E-state index in [4.69, 9.17) is 0 Å². The van der Waals surface area contributed by atoms with E-state index in [0.717, 1.165) is 0 Å². The normalized spacial score (nSPS) is 9.77. The second-order valence-corrected chi connectivity index (χ2v) is 3.66. The van der Waals surface area contributed by atoms with Crippen LogP contribution in [0, 0.1) is 9.39 Å². The van der Waals surface area contributed by atoms with Gasteiger partial charge in [0.05, 0.1) is 5.56 Å². The Labute approximate surface area is 88.3 Å². The number of carbonyl (C=O) groups excluding carboxylic acids is 2. The molecule has 0 fully saturated rings. The molecule has 0 saturated carbocycles. The van der Waals surface area contributed by atoms with Crippen LogP contribution < -0.4 is 0 Å². The lowest BCUT2D eigenvalue weighted by Gasteiger charge is -2.02. The van der Waals surface area contributed by atoms with E-state index >= 15 is 0 Å². The van der Waals surface area contributed by atoms with Crippen LogP contribution in [0.3, 0.4) is 0 Å². The molecule has 0 aliphatic rings. The van der Waals surface area contributed by atoms with Crippen LogP contribution in [0.15, 0.2) is 12.1 Å². The molecule has 0 spiro atoms. The third kappa shape index (κ3) is 1.93. The van der Waals surface area contributed by atoms with Crippen molar-refractivity contribution in [3.8, 4) is 0 Å². The van der Waals surface area contributed by atoms with Crippen LogP contribution in [0.5, 0.6) is 0 Å². The van der Waals surface area contributed by atoms with E-state index in [1.807, 2.05) is 0 Å². The van der Waals surface area contributed by atoms with Crippen LogP contribution in [0.4, 0.5) is 4.39 Å². The van der Waals surface area contributed by atoms with Crippen molar-refractivity contribution in [3.63, 3.8) is 0 Å². The van der Waals surface area contributed by atoms with Crippen LogP contribution in [0.25, 0.3) is 0 Å². The van der Waals surface area contributed by atoms with Crippen LogP contribution in [0.1, 0.15) is 27.6 Å². The molecule has 0 bridgehead atoms. The lowest BCUT2D eigenvalue weighted by molar-refractivity contribution is 0.100. The van der Waals surface area contributed by atoms with Crippen molar-refractivity contribution in [1.29, 1.82) is 0 Å². The number of carbonyl (C=O) groups is 2. The first-order chi connectivity index (χ1) is 6.07. The predicted molar refractivity (Wildman–Crippen MR) is 54.5 cm³/mol. The van der Waals surface area contributed by atoms with Crippen molar-refractivity contribution in [2.24, 2.45) is 0 Å². The van der Waals surface area contributed by atoms with E-state index in [1.54, 1.807) is 22.6 Å². The second kappa shape index (κ2) is 3.95. The summed E-state index contributed by atoms with van der Waals surface area (Å²) in [6.45, 7) is 1.30. The fourth-order valence-corrected chi connectivity index (χ4v) is 1.46. The van der Waals surface area contributed by atoms with E-state index in [-0.39, 0.29) is 16.9 Å². The summed E-state index contributed by atoms with van der Waals surface area (Å²) in [6.07, 6.45) is 0.369. The number of aldehydes is 1. The van der Waals surface area contributed by atoms with Crippen molar-refractivity contribution in [3.05, 3.63) is 32.6 Å². The Bertz CT molecular complexity index is 374. The third-order valence-corrected chi connectivity index (χ3v) is 2.46. The first-order valence-electron chi connectivity index (χ1n) is 3.52. The summed E-state index contributed by atoms with van der Waals surface area (Å²) in [6, 6.07) is 2.93.